The van der Waals surface area contributed by atoms with Gasteiger partial charge in [-0.25, -0.2) is 0 Å². The van der Waals surface area contributed by atoms with Crippen LogP contribution in [0.3, 0.4) is 0 Å². The highest BCUT2D eigenvalue weighted by atomic mass is 16.5. The highest BCUT2D eigenvalue weighted by Crippen LogP contribution is 2.29. The molecule has 1 aliphatic rings. The third-order valence-electron chi connectivity index (χ3n) is 3.86. The molecule has 4 heteroatoms. The molecule has 0 saturated heterocycles. The van der Waals surface area contributed by atoms with E-state index in [0.29, 0.717) is 11.6 Å². The van der Waals surface area contributed by atoms with Crippen LogP contribution >= 0.6 is 0 Å². The number of nitrogens with zero attached hydrogens (tertiary/aromatic N) is 2. The highest BCUT2D eigenvalue weighted by Gasteiger charge is 2.31. The third kappa shape index (κ3) is 2.64. The lowest BCUT2D eigenvalue weighted by Crippen LogP contribution is -2.34. The Bertz CT molecular complexity index is 394. The monoisotopic (exact) mass is 250 g/mol. The van der Waals surface area contributed by atoms with Gasteiger partial charge in [0.05, 0.1) is 0 Å². The van der Waals surface area contributed by atoms with Gasteiger partial charge >= 0.3 is 0 Å². The van der Waals surface area contributed by atoms with E-state index in [9.17, 15) is 4.79 Å². The molecule has 0 aliphatic heterocycles. The Hall–Kier alpha value is -1.16. The fourth-order valence-electron chi connectivity index (χ4n) is 2.89. The molecule has 4 nitrogen and oxygen atoms in total. The number of Topliss-reactive ketones (excluding diaryl/α,β-unsaturated/α-hetero) is 1. The van der Waals surface area contributed by atoms with Crippen LogP contribution < -0.4 is 0 Å². The first kappa shape index (κ1) is 13.3. The second kappa shape index (κ2) is 6.14. The summed E-state index contributed by atoms with van der Waals surface area (Å²) in [5.41, 5.74) is 0.676. The van der Waals surface area contributed by atoms with Crippen molar-refractivity contribution in [3.8, 4) is 0 Å². The van der Waals surface area contributed by atoms with Gasteiger partial charge in [0.2, 0.25) is 5.78 Å². The van der Waals surface area contributed by atoms with Crippen molar-refractivity contribution in [2.24, 2.45) is 5.92 Å². The maximum Gasteiger partial charge on any atom is 0.209 e. The highest BCUT2D eigenvalue weighted by molar-refractivity contribution is 5.98. The molecule has 1 atom stereocenters. The van der Waals surface area contributed by atoms with E-state index in [1.165, 1.54) is 19.3 Å². The molecule has 0 bridgehead atoms. The average Bonchev–Trinajstić information content (AvgIpc) is 2.89. The molecular formula is C14H22N2O2. The molecule has 18 heavy (non-hydrogen) atoms. The van der Waals surface area contributed by atoms with E-state index in [-0.39, 0.29) is 11.9 Å². The van der Waals surface area contributed by atoms with Crippen LogP contribution in [0.15, 0.2) is 12.3 Å². The van der Waals surface area contributed by atoms with Crippen LogP contribution in [-0.2, 0) is 11.3 Å². The van der Waals surface area contributed by atoms with Crippen LogP contribution in [0.1, 0.15) is 49.5 Å². The first-order chi connectivity index (χ1) is 8.77. The minimum Gasteiger partial charge on any atom is -0.373 e. The number of hydrogen-bond acceptors (Lipinski definition) is 3. The van der Waals surface area contributed by atoms with E-state index in [4.69, 9.17) is 4.74 Å². The summed E-state index contributed by atoms with van der Waals surface area (Å²) in [7, 11) is 1.64. The molecule has 1 fully saturated rings. The quantitative estimate of drug-likeness (QED) is 0.755. The van der Waals surface area contributed by atoms with Crippen molar-refractivity contribution in [2.45, 2.75) is 51.7 Å². The van der Waals surface area contributed by atoms with Crippen molar-refractivity contribution in [2.75, 3.05) is 7.11 Å². The molecule has 1 unspecified atom stereocenters. The van der Waals surface area contributed by atoms with Crippen LogP contribution in [0.5, 0.6) is 0 Å². The number of rotatable bonds is 5. The SMILES string of the molecule is CCn1nccc1C(=O)C(OC)C1CCCCC1. The van der Waals surface area contributed by atoms with E-state index in [0.717, 1.165) is 19.4 Å². The summed E-state index contributed by atoms with van der Waals surface area (Å²) in [6, 6.07) is 1.79. The van der Waals surface area contributed by atoms with E-state index < -0.39 is 0 Å². The lowest BCUT2D eigenvalue weighted by Gasteiger charge is -2.28. The van der Waals surface area contributed by atoms with Gasteiger partial charge in [0.15, 0.2) is 0 Å². The Kier molecular flexibility index (Phi) is 4.53. The Morgan fingerprint density at radius 2 is 2.22 bits per heavy atom. The third-order valence-corrected chi connectivity index (χ3v) is 3.86. The van der Waals surface area contributed by atoms with E-state index >= 15 is 0 Å². The van der Waals surface area contributed by atoms with Gasteiger partial charge in [-0.3, -0.25) is 9.48 Å². The number of aryl methyl sites for hydroxylation is 1. The summed E-state index contributed by atoms with van der Waals surface area (Å²) >= 11 is 0. The Morgan fingerprint density at radius 1 is 1.50 bits per heavy atom. The van der Waals surface area contributed by atoms with Gasteiger partial charge in [-0.2, -0.15) is 5.10 Å². The van der Waals surface area contributed by atoms with Gasteiger partial charge < -0.3 is 4.74 Å². The smallest absolute Gasteiger partial charge is 0.209 e. The van der Waals surface area contributed by atoms with Crippen LogP contribution in [0.25, 0.3) is 0 Å². The maximum absolute atomic E-state index is 12.5. The summed E-state index contributed by atoms with van der Waals surface area (Å²) in [6.45, 7) is 2.71. The summed E-state index contributed by atoms with van der Waals surface area (Å²) in [5, 5.41) is 4.16. The Balaban J connectivity index is 2.14. The molecular weight excluding hydrogens is 228 g/mol. The van der Waals surface area contributed by atoms with Crippen LogP contribution in [-0.4, -0.2) is 28.8 Å². The Morgan fingerprint density at radius 3 is 2.83 bits per heavy atom. The van der Waals surface area contributed by atoms with E-state index in [1.807, 2.05) is 6.92 Å². The summed E-state index contributed by atoms with van der Waals surface area (Å²) in [5.74, 6) is 0.459. The molecule has 1 aromatic heterocycles. The van der Waals surface area contributed by atoms with Crippen molar-refractivity contribution < 1.29 is 9.53 Å². The predicted octanol–water partition coefficient (Wildman–Crippen LogP) is 2.68. The van der Waals surface area contributed by atoms with Gasteiger partial charge in [0, 0.05) is 19.9 Å². The fourth-order valence-corrected chi connectivity index (χ4v) is 2.89. The summed E-state index contributed by atoms with van der Waals surface area (Å²) < 4.78 is 7.23. The largest absolute Gasteiger partial charge is 0.373 e. The zero-order valence-electron chi connectivity index (χ0n) is 11.3. The molecule has 0 aromatic carbocycles. The van der Waals surface area contributed by atoms with Gasteiger partial charge in [0.25, 0.3) is 0 Å². The van der Waals surface area contributed by atoms with Crippen LogP contribution in [0, 0.1) is 5.92 Å². The number of ketones is 1. The molecule has 0 N–H and O–H groups in total. The average molecular weight is 250 g/mol. The van der Waals surface area contributed by atoms with Crippen LogP contribution in [0.2, 0.25) is 0 Å². The van der Waals surface area contributed by atoms with E-state index in [2.05, 4.69) is 5.10 Å². The normalized spacial score (nSPS) is 18.8. The van der Waals surface area contributed by atoms with Crippen LogP contribution in [0.4, 0.5) is 0 Å². The zero-order chi connectivity index (χ0) is 13.0. The van der Waals surface area contributed by atoms with Crippen molar-refractivity contribution in [3.63, 3.8) is 0 Å². The van der Waals surface area contributed by atoms with E-state index in [1.54, 1.807) is 24.1 Å². The second-order valence-electron chi connectivity index (χ2n) is 4.95. The Labute approximate surface area is 108 Å². The number of methoxy groups -OCH3 is 1. The molecule has 100 valence electrons. The van der Waals surface area contributed by atoms with Gasteiger partial charge in [-0.15, -0.1) is 0 Å². The number of ether oxygens (including phenoxy) is 1. The number of aromatic nitrogens is 2. The first-order valence-electron chi connectivity index (χ1n) is 6.86. The topological polar surface area (TPSA) is 44.1 Å². The number of carbonyl (C=O) groups excluding carboxylic acids is 1. The minimum atomic E-state index is -0.299. The number of carbonyl (C=O) groups is 1. The van der Waals surface area contributed by atoms with Crippen molar-refractivity contribution >= 4 is 5.78 Å². The zero-order valence-corrected chi connectivity index (χ0v) is 11.3. The van der Waals surface area contributed by atoms with Gasteiger partial charge in [-0.05, 0) is 31.7 Å². The minimum absolute atomic E-state index is 0.0868. The second-order valence-corrected chi connectivity index (χ2v) is 4.95. The fraction of sp³-hybridized carbons (Fsp3) is 0.714. The molecule has 1 aliphatic carbocycles. The lowest BCUT2D eigenvalue weighted by molar-refractivity contribution is 0.0305. The lowest BCUT2D eigenvalue weighted by atomic mass is 9.83. The summed E-state index contributed by atoms with van der Waals surface area (Å²) in [6.07, 6.45) is 7.30. The molecule has 0 radical (unpaired) electrons. The molecule has 1 saturated carbocycles. The molecule has 1 aromatic rings. The van der Waals surface area contributed by atoms with Gasteiger partial charge in [-0.1, -0.05) is 19.3 Å². The predicted molar refractivity (Wildman–Crippen MR) is 69.6 cm³/mol. The van der Waals surface area contributed by atoms with Crippen molar-refractivity contribution in [1.82, 2.24) is 9.78 Å². The summed E-state index contributed by atoms with van der Waals surface area (Å²) in [4.78, 5) is 12.5. The van der Waals surface area contributed by atoms with Gasteiger partial charge in [0.1, 0.15) is 11.8 Å². The maximum atomic E-state index is 12.5. The van der Waals surface area contributed by atoms with Crippen molar-refractivity contribution in [3.05, 3.63) is 18.0 Å². The first-order valence-corrected chi connectivity index (χ1v) is 6.86. The standard InChI is InChI=1S/C14H22N2O2/c1-3-16-12(9-10-15-16)13(17)14(18-2)11-7-5-4-6-8-11/h9-11,14H,3-8H2,1-2H3. The number of hydrogen-bond donors (Lipinski definition) is 0. The molecule has 2 rings (SSSR count). The molecule has 0 amide bonds. The molecule has 1 heterocycles. The molecule has 0 spiro atoms. The van der Waals surface area contributed by atoms with Crippen molar-refractivity contribution in [1.29, 1.82) is 0 Å².